The fraction of sp³-hybridized carbons (Fsp3) is 0.875. The Balaban J connectivity index is 1.71. The molecule has 3 aliphatic rings. The van der Waals surface area contributed by atoms with Gasteiger partial charge in [0.2, 0.25) is 5.91 Å². The van der Waals surface area contributed by atoms with E-state index in [1.165, 1.54) is 6.42 Å². The minimum absolute atomic E-state index is 0.106. The molecule has 0 aromatic carbocycles. The van der Waals surface area contributed by atoms with Gasteiger partial charge < -0.3 is 10.0 Å². The molecule has 0 radical (unpaired) electrons. The Bertz CT molecular complexity index is 404. The Morgan fingerprint density at radius 3 is 2.25 bits per heavy atom. The molecule has 2 unspecified atom stereocenters. The first-order valence-corrected chi connectivity index (χ1v) is 8.01. The Kier molecular flexibility index (Phi) is 3.51. The van der Waals surface area contributed by atoms with Gasteiger partial charge in [0.05, 0.1) is 12.0 Å². The van der Waals surface area contributed by atoms with Crippen LogP contribution >= 0.6 is 0 Å². The molecule has 1 N–H and O–H groups in total. The van der Waals surface area contributed by atoms with Crippen LogP contribution in [-0.4, -0.2) is 34.5 Å². The maximum atomic E-state index is 12.7. The van der Waals surface area contributed by atoms with Crippen LogP contribution in [0.2, 0.25) is 0 Å². The highest BCUT2D eigenvalue weighted by molar-refractivity contribution is 5.81. The van der Waals surface area contributed by atoms with Gasteiger partial charge in [0.15, 0.2) is 0 Å². The number of carboxylic acids is 1. The monoisotopic (exact) mass is 279 g/mol. The number of nitrogens with zero attached hydrogens (tertiary/aromatic N) is 1. The molecule has 4 nitrogen and oxygen atoms in total. The molecule has 0 heterocycles. The predicted molar refractivity (Wildman–Crippen MR) is 75.2 cm³/mol. The summed E-state index contributed by atoms with van der Waals surface area (Å²) in [6.07, 6.45) is 8.44. The van der Waals surface area contributed by atoms with Crippen molar-refractivity contribution in [3.8, 4) is 0 Å². The first-order valence-electron chi connectivity index (χ1n) is 8.01. The second-order valence-electron chi connectivity index (χ2n) is 7.18. The lowest BCUT2D eigenvalue weighted by Gasteiger charge is -2.45. The Hall–Kier alpha value is -1.06. The Labute approximate surface area is 120 Å². The van der Waals surface area contributed by atoms with Gasteiger partial charge in [-0.05, 0) is 43.9 Å². The van der Waals surface area contributed by atoms with E-state index in [0.717, 1.165) is 56.8 Å². The molecule has 1 amide bonds. The van der Waals surface area contributed by atoms with Crippen molar-refractivity contribution in [2.45, 2.75) is 63.3 Å². The van der Waals surface area contributed by atoms with Gasteiger partial charge in [0.1, 0.15) is 0 Å². The zero-order valence-electron chi connectivity index (χ0n) is 12.3. The number of carbonyl (C=O) groups excluding carboxylic acids is 1. The van der Waals surface area contributed by atoms with Crippen LogP contribution in [0.1, 0.15) is 57.8 Å². The summed E-state index contributed by atoms with van der Waals surface area (Å²) in [5, 5.41) is 9.24. The van der Waals surface area contributed by atoms with Gasteiger partial charge in [0, 0.05) is 13.0 Å². The number of fused-ring (bicyclic) bond motifs is 1. The van der Waals surface area contributed by atoms with E-state index < -0.39 is 11.5 Å². The highest BCUT2D eigenvalue weighted by Crippen LogP contribution is 2.55. The number of rotatable bonds is 4. The normalized spacial score (nSPS) is 34.4. The first kappa shape index (κ1) is 13.9. The first-order chi connectivity index (χ1) is 9.52. The van der Waals surface area contributed by atoms with Crippen molar-refractivity contribution >= 4 is 11.9 Å². The number of carbonyl (C=O) groups is 2. The van der Waals surface area contributed by atoms with Gasteiger partial charge in [-0.2, -0.15) is 0 Å². The van der Waals surface area contributed by atoms with E-state index >= 15 is 0 Å². The molecule has 112 valence electrons. The van der Waals surface area contributed by atoms with E-state index in [4.69, 9.17) is 0 Å². The molecule has 3 fully saturated rings. The zero-order valence-corrected chi connectivity index (χ0v) is 12.3. The van der Waals surface area contributed by atoms with Crippen molar-refractivity contribution in [1.82, 2.24) is 4.90 Å². The van der Waals surface area contributed by atoms with Crippen LogP contribution in [0.25, 0.3) is 0 Å². The van der Waals surface area contributed by atoms with Crippen LogP contribution in [0.5, 0.6) is 0 Å². The summed E-state index contributed by atoms with van der Waals surface area (Å²) in [5.74, 6) is 1.18. The van der Waals surface area contributed by atoms with Crippen LogP contribution in [0.4, 0.5) is 0 Å². The number of aliphatic carboxylic acids is 1. The predicted octanol–water partition coefficient (Wildman–Crippen LogP) is 2.67. The molecular formula is C16H25NO3. The lowest BCUT2D eigenvalue weighted by molar-refractivity contribution is -0.148. The third-order valence-corrected chi connectivity index (χ3v) is 5.90. The summed E-state index contributed by atoms with van der Waals surface area (Å²) >= 11 is 0. The van der Waals surface area contributed by atoms with E-state index in [1.807, 2.05) is 11.9 Å². The largest absolute Gasteiger partial charge is 0.481 e. The SMILES string of the molecule is CN(C(=O)C1CC2CC2C1)C1(CC(=O)O)CCCCC1. The van der Waals surface area contributed by atoms with E-state index in [0.29, 0.717) is 0 Å². The number of carboxylic acid groups (broad SMARTS) is 1. The molecule has 4 heteroatoms. The molecule has 3 saturated carbocycles. The summed E-state index contributed by atoms with van der Waals surface area (Å²) < 4.78 is 0. The molecule has 0 saturated heterocycles. The summed E-state index contributed by atoms with van der Waals surface area (Å²) in [6.45, 7) is 0. The number of amides is 1. The topological polar surface area (TPSA) is 57.6 Å². The van der Waals surface area contributed by atoms with E-state index in [9.17, 15) is 14.7 Å². The van der Waals surface area contributed by atoms with Crippen molar-refractivity contribution in [3.05, 3.63) is 0 Å². The van der Waals surface area contributed by atoms with Crippen molar-refractivity contribution in [3.63, 3.8) is 0 Å². The van der Waals surface area contributed by atoms with E-state index in [1.54, 1.807) is 0 Å². The highest BCUT2D eigenvalue weighted by Gasteiger charge is 2.50. The number of hydrogen-bond donors (Lipinski definition) is 1. The van der Waals surface area contributed by atoms with Gasteiger partial charge >= 0.3 is 5.97 Å². The molecule has 0 aromatic heterocycles. The van der Waals surface area contributed by atoms with Gasteiger partial charge in [0.25, 0.3) is 0 Å². The maximum Gasteiger partial charge on any atom is 0.305 e. The number of hydrogen-bond acceptors (Lipinski definition) is 2. The Morgan fingerprint density at radius 2 is 1.70 bits per heavy atom. The summed E-state index contributed by atoms with van der Waals surface area (Å²) in [4.78, 5) is 25.8. The molecule has 0 aromatic rings. The average molecular weight is 279 g/mol. The van der Waals surface area contributed by atoms with Crippen molar-refractivity contribution in [2.24, 2.45) is 17.8 Å². The molecule has 2 atom stereocenters. The second-order valence-corrected chi connectivity index (χ2v) is 7.18. The molecule has 0 aliphatic heterocycles. The van der Waals surface area contributed by atoms with Crippen molar-refractivity contribution < 1.29 is 14.7 Å². The fourth-order valence-electron chi connectivity index (χ4n) is 4.55. The molecular weight excluding hydrogens is 254 g/mol. The third kappa shape index (κ3) is 2.45. The van der Waals surface area contributed by atoms with Gasteiger partial charge in [-0.15, -0.1) is 0 Å². The van der Waals surface area contributed by atoms with Crippen LogP contribution in [0.15, 0.2) is 0 Å². The van der Waals surface area contributed by atoms with E-state index in [-0.39, 0.29) is 18.2 Å². The van der Waals surface area contributed by atoms with Crippen LogP contribution in [0.3, 0.4) is 0 Å². The highest BCUT2D eigenvalue weighted by atomic mass is 16.4. The zero-order chi connectivity index (χ0) is 14.3. The second kappa shape index (κ2) is 5.05. The summed E-state index contributed by atoms with van der Waals surface area (Å²) in [5.41, 5.74) is -0.423. The Morgan fingerprint density at radius 1 is 1.10 bits per heavy atom. The lowest BCUT2D eigenvalue weighted by atomic mass is 9.77. The lowest BCUT2D eigenvalue weighted by Crippen LogP contribution is -2.53. The van der Waals surface area contributed by atoms with Gasteiger partial charge in [-0.3, -0.25) is 9.59 Å². The molecule has 3 rings (SSSR count). The molecule has 0 bridgehead atoms. The molecule has 3 aliphatic carbocycles. The molecule has 0 spiro atoms. The minimum atomic E-state index is -0.777. The van der Waals surface area contributed by atoms with Gasteiger partial charge in [-0.25, -0.2) is 0 Å². The van der Waals surface area contributed by atoms with Crippen LogP contribution in [-0.2, 0) is 9.59 Å². The quantitative estimate of drug-likeness (QED) is 0.860. The summed E-state index contributed by atoms with van der Waals surface area (Å²) in [6, 6.07) is 0. The fourth-order valence-corrected chi connectivity index (χ4v) is 4.55. The third-order valence-electron chi connectivity index (χ3n) is 5.90. The average Bonchev–Trinajstić information content (AvgIpc) is 3.04. The standard InChI is InChI=1S/C16H25NO3/c1-17(15(20)13-8-11-7-12(11)9-13)16(10-14(18)19)5-3-2-4-6-16/h11-13H,2-10H2,1H3,(H,18,19). The summed E-state index contributed by atoms with van der Waals surface area (Å²) in [7, 11) is 1.85. The minimum Gasteiger partial charge on any atom is -0.481 e. The van der Waals surface area contributed by atoms with E-state index in [2.05, 4.69) is 0 Å². The van der Waals surface area contributed by atoms with Gasteiger partial charge in [-0.1, -0.05) is 19.3 Å². The maximum absolute atomic E-state index is 12.7. The van der Waals surface area contributed by atoms with Crippen molar-refractivity contribution in [2.75, 3.05) is 7.05 Å². The van der Waals surface area contributed by atoms with Crippen LogP contribution in [0, 0.1) is 17.8 Å². The smallest absolute Gasteiger partial charge is 0.305 e. The van der Waals surface area contributed by atoms with Crippen LogP contribution < -0.4 is 0 Å². The van der Waals surface area contributed by atoms with Crippen molar-refractivity contribution in [1.29, 1.82) is 0 Å². The molecule has 20 heavy (non-hydrogen) atoms.